The molecule has 2 unspecified atom stereocenters. The SMILES string of the molecule is COC(CC(C)=O)C(C)C(=[Se])N1CCCC1. The van der Waals surface area contributed by atoms with Gasteiger partial charge in [-0.05, 0) is 0 Å². The Bertz CT molecular complexity index is 262. The van der Waals surface area contributed by atoms with Crippen molar-refractivity contribution >= 4 is 25.9 Å². The molecule has 2 atom stereocenters. The summed E-state index contributed by atoms with van der Waals surface area (Å²) in [5, 5.41) is 0. The molecule has 0 amide bonds. The van der Waals surface area contributed by atoms with Crippen LogP contribution in [0.2, 0.25) is 0 Å². The third-order valence-electron chi connectivity index (χ3n) is 3.16. The molecule has 1 aliphatic heterocycles. The Morgan fingerprint density at radius 1 is 1.44 bits per heavy atom. The number of hydrogen-bond donors (Lipinski definition) is 0. The van der Waals surface area contributed by atoms with Crippen LogP contribution in [0.15, 0.2) is 0 Å². The van der Waals surface area contributed by atoms with Crippen LogP contribution in [0.5, 0.6) is 0 Å². The Morgan fingerprint density at radius 2 is 2.00 bits per heavy atom. The molecule has 0 bridgehead atoms. The van der Waals surface area contributed by atoms with E-state index in [-0.39, 0.29) is 17.8 Å². The summed E-state index contributed by atoms with van der Waals surface area (Å²) in [6, 6.07) is 0. The third kappa shape index (κ3) is 3.69. The quantitative estimate of drug-likeness (QED) is 0.684. The Morgan fingerprint density at radius 3 is 2.44 bits per heavy atom. The molecule has 3 nitrogen and oxygen atoms in total. The van der Waals surface area contributed by atoms with Gasteiger partial charge in [-0.2, -0.15) is 0 Å². The second-order valence-corrected chi connectivity index (χ2v) is 5.38. The van der Waals surface area contributed by atoms with Crippen LogP contribution in [0.1, 0.15) is 33.1 Å². The van der Waals surface area contributed by atoms with Crippen molar-refractivity contribution in [2.24, 2.45) is 5.92 Å². The summed E-state index contributed by atoms with van der Waals surface area (Å²) in [6.07, 6.45) is 3.02. The van der Waals surface area contributed by atoms with Gasteiger partial charge < -0.3 is 0 Å². The topological polar surface area (TPSA) is 29.5 Å². The number of hydrogen-bond acceptors (Lipinski definition) is 3. The Balaban J connectivity index is 2.55. The molecule has 0 N–H and O–H groups in total. The molecule has 0 radical (unpaired) electrons. The Kier molecular flexibility index (Phi) is 5.67. The molecule has 1 saturated heterocycles. The summed E-state index contributed by atoms with van der Waals surface area (Å²) < 4.78 is 6.66. The average Bonchev–Trinajstić information content (AvgIpc) is 2.76. The van der Waals surface area contributed by atoms with E-state index < -0.39 is 0 Å². The van der Waals surface area contributed by atoms with E-state index in [9.17, 15) is 4.79 Å². The number of ether oxygens (including phenoxy) is 1. The van der Waals surface area contributed by atoms with Gasteiger partial charge in [0.2, 0.25) is 0 Å². The van der Waals surface area contributed by atoms with Crippen LogP contribution in [0.3, 0.4) is 0 Å². The van der Waals surface area contributed by atoms with E-state index in [1.807, 2.05) is 0 Å². The fraction of sp³-hybridized carbons (Fsp3) is 0.833. The van der Waals surface area contributed by atoms with Crippen molar-refractivity contribution in [2.75, 3.05) is 20.2 Å². The number of ketones is 1. The first-order valence-corrected chi connectivity index (χ1v) is 6.73. The molecule has 1 heterocycles. The van der Waals surface area contributed by atoms with Crippen molar-refractivity contribution in [3.8, 4) is 0 Å². The summed E-state index contributed by atoms with van der Waals surface area (Å²) >= 11 is 3.16. The van der Waals surface area contributed by atoms with Gasteiger partial charge in [-0.3, -0.25) is 0 Å². The van der Waals surface area contributed by atoms with Gasteiger partial charge in [0.15, 0.2) is 0 Å². The number of rotatable bonds is 6. The maximum atomic E-state index is 11.1. The first-order valence-electron chi connectivity index (χ1n) is 5.87. The molecule has 0 aromatic carbocycles. The number of carbonyl (C=O) groups excluding carboxylic acids is 1. The number of likely N-dealkylation sites (tertiary alicyclic amines) is 1. The zero-order valence-corrected chi connectivity index (χ0v) is 12.1. The molecule has 0 spiro atoms. The first kappa shape index (κ1) is 13.9. The van der Waals surface area contributed by atoms with Gasteiger partial charge in [0.25, 0.3) is 0 Å². The summed E-state index contributed by atoms with van der Waals surface area (Å²) in [4.78, 5) is 13.5. The number of carbonyl (C=O) groups is 1. The van der Waals surface area contributed by atoms with Crippen LogP contribution in [-0.2, 0) is 9.53 Å². The zero-order valence-electron chi connectivity index (χ0n) is 10.4. The molecular weight excluding hydrogens is 269 g/mol. The molecule has 1 rings (SSSR count). The van der Waals surface area contributed by atoms with Gasteiger partial charge in [-0.25, -0.2) is 0 Å². The van der Waals surface area contributed by atoms with E-state index in [1.54, 1.807) is 14.0 Å². The van der Waals surface area contributed by atoms with Crippen molar-refractivity contribution in [3.63, 3.8) is 0 Å². The van der Waals surface area contributed by atoms with Crippen molar-refractivity contribution in [1.82, 2.24) is 4.90 Å². The van der Waals surface area contributed by atoms with Gasteiger partial charge >= 0.3 is 106 Å². The molecule has 1 fully saturated rings. The van der Waals surface area contributed by atoms with Crippen molar-refractivity contribution in [3.05, 3.63) is 0 Å². The molecule has 92 valence electrons. The minimum atomic E-state index is -0.00523. The first-order chi connectivity index (χ1) is 7.56. The minimum absolute atomic E-state index is 0.00523. The van der Waals surface area contributed by atoms with Crippen molar-refractivity contribution in [1.29, 1.82) is 0 Å². The van der Waals surface area contributed by atoms with E-state index in [0.717, 1.165) is 13.1 Å². The van der Waals surface area contributed by atoms with E-state index >= 15 is 0 Å². The Labute approximate surface area is 106 Å². The molecule has 0 saturated carbocycles. The number of Topliss-reactive ketones (excluding diaryl/α,β-unsaturated/α-hetero) is 1. The van der Waals surface area contributed by atoms with Crippen LogP contribution in [-0.4, -0.2) is 57.1 Å². The van der Waals surface area contributed by atoms with E-state index in [0.29, 0.717) is 6.42 Å². The molecule has 4 heteroatoms. The fourth-order valence-electron chi connectivity index (χ4n) is 2.13. The van der Waals surface area contributed by atoms with Crippen LogP contribution in [0.4, 0.5) is 0 Å². The molecule has 16 heavy (non-hydrogen) atoms. The van der Waals surface area contributed by atoms with Crippen LogP contribution < -0.4 is 0 Å². The molecule has 1 aliphatic rings. The summed E-state index contributed by atoms with van der Waals surface area (Å²) in [7, 11) is 1.68. The van der Waals surface area contributed by atoms with Crippen molar-refractivity contribution in [2.45, 2.75) is 39.2 Å². The normalized spacial score (nSPS) is 19.6. The second-order valence-electron chi connectivity index (χ2n) is 4.50. The van der Waals surface area contributed by atoms with Gasteiger partial charge in [0.1, 0.15) is 0 Å². The van der Waals surface area contributed by atoms with Crippen LogP contribution in [0.25, 0.3) is 0 Å². The van der Waals surface area contributed by atoms with Crippen molar-refractivity contribution < 1.29 is 9.53 Å². The standard InChI is InChI=1S/C12H21NO2Se/c1-9(14)8-11(15-3)10(2)12(16)13-6-4-5-7-13/h10-11H,4-8H2,1-3H3. The van der Waals surface area contributed by atoms with E-state index in [1.165, 1.54) is 17.4 Å². The summed E-state index contributed by atoms with van der Waals surface area (Å²) in [5.41, 5.74) is 0. The average molecular weight is 290 g/mol. The third-order valence-corrected chi connectivity index (χ3v) is 4.48. The predicted molar refractivity (Wildman–Crippen MR) is 66.8 cm³/mol. The van der Waals surface area contributed by atoms with Gasteiger partial charge in [0, 0.05) is 0 Å². The Hall–Kier alpha value is -0.181. The second kappa shape index (κ2) is 6.53. The van der Waals surface area contributed by atoms with Crippen LogP contribution in [0, 0.1) is 5.92 Å². The van der Waals surface area contributed by atoms with Crippen LogP contribution >= 0.6 is 0 Å². The monoisotopic (exact) mass is 291 g/mol. The zero-order chi connectivity index (χ0) is 12.1. The summed E-state index contributed by atoms with van der Waals surface area (Å²) in [5.74, 6) is 0.458. The molecule has 0 aliphatic carbocycles. The number of nitrogens with zero attached hydrogens (tertiary/aromatic N) is 1. The molecular formula is C12H21NO2Se. The summed E-state index contributed by atoms with van der Waals surface area (Å²) in [6.45, 7) is 6.00. The molecule has 0 aromatic rings. The maximum absolute atomic E-state index is 11.1. The van der Waals surface area contributed by atoms with Gasteiger partial charge in [0.05, 0.1) is 0 Å². The molecule has 0 aromatic heterocycles. The fourth-order valence-corrected chi connectivity index (χ4v) is 2.83. The predicted octanol–water partition coefficient (Wildman–Crippen LogP) is 1.01. The number of methoxy groups -OCH3 is 1. The van der Waals surface area contributed by atoms with E-state index in [2.05, 4.69) is 27.4 Å². The van der Waals surface area contributed by atoms with Gasteiger partial charge in [-0.15, -0.1) is 0 Å². The van der Waals surface area contributed by atoms with Gasteiger partial charge in [-0.1, -0.05) is 0 Å². The van der Waals surface area contributed by atoms with E-state index in [4.69, 9.17) is 4.74 Å².